The summed E-state index contributed by atoms with van der Waals surface area (Å²) in [6.45, 7) is 3.35. The highest BCUT2D eigenvalue weighted by Gasteiger charge is 2.12. The minimum atomic E-state index is -0.489. The Morgan fingerprint density at radius 1 is 1.40 bits per heavy atom. The quantitative estimate of drug-likeness (QED) is 0.624. The van der Waals surface area contributed by atoms with E-state index in [1.807, 2.05) is 13.0 Å². The van der Waals surface area contributed by atoms with E-state index in [9.17, 15) is 9.59 Å². The zero-order valence-corrected chi connectivity index (χ0v) is 11.5. The van der Waals surface area contributed by atoms with Gasteiger partial charge in [0.15, 0.2) is 0 Å². The fourth-order valence-corrected chi connectivity index (χ4v) is 1.55. The number of amides is 1. The van der Waals surface area contributed by atoms with Crippen molar-refractivity contribution in [3.05, 3.63) is 34.9 Å². The molecule has 0 fully saturated rings. The third-order valence-electron chi connectivity index (χ3n) is 2.42. The van der Waals surface area contributed by atoms with Gasteiger partial charge in [0.2, 0.25) is 0 Å². The highest BCUT2D eigenvalue weighted by molar-refractivity contribution is 5.98. The zero-order chi connectivity index (χ0) is 15.0. The van der Waals surface area contributed by atoms with E-state index in [-0.39, 0.29) is 19.8 Å². The maximum absolute atomic E-state index is 12.0. The van der Waals surface area contributed by atoms with E-state index >= 15 is 0 Å². The van der Waals surface area contributed by atoms with Gasteiger partial charge >= 0.3 is 5.97 Å². The van der Waals surface area contributed by atoms with Gasteiger partial charge in [0.05, 0.1) is 12.2 Å². The van der Waals surface area contributed by atoms with Crippen LogP contribution in [0.3, 0.4) is 0 Å². The molecule has 5 nitrogen and oxygen atoms in total. The SMILES string of the molecule is CCOC(=O)CNC(=O)c1cc(C)ccc1C#CCO. The van der Waals surface area contributed by atoms with Crippen LogP contribution in [0.25, 0.3) is 0 Å². The summed E-state index contributed by atoms with van der Waals surface area (Å²) in [4.78, 5) is 23.2. The third kappa shape index (κ3) is 4.75. The first-order valence-electron chi connectivity index (χ1n) is 6.22. The topological polar surface area (TPSA) is 75.6 Å². The molecule has 5 heteroatoms. The Bertz CT molecular complexity index is 555. The zero-order valence-electron chi connectivity index (χ0n) is 11.5. The Morgan fingerprint density at radius 2 is 2.15 bits per heavy atom. The first-order valence-corrected chi connectivity index (χ1v) is 6.22. The van der Waals surface area contributed by atoms with Gasteiger partial charge in [-0.1, -0.05) is 23.5 Å². The number of carbonyl (C=O) groups excluding carboxylic acids is 2. The van der Waals surface area contributed by atoms with Crippen molar-refractivity contribution in [2.75, 3.05) is 19.8 Å². The number of nitrogens with one attached hydrogen (secondary N) is 1. The van der Waals surface area contributed by atoms with Crippen molar-refractivity contribution in [3.8, 4) is 11.8 Å². The Labute approximate surface area is 117 Å². The molecule has 0 aliphatic rings. The number of rotatable bonds is 4. The van der Waals surface area contributed by atoms with Crippen LogP contribution in [-0.2, 0) is 9.53 Å². The fraction of sp³-hybridized carbons (Fsp3) is 0.333. The van der Waals surface area contributed by atoms with Crippen molar-refractivity contribution < 1.29 is 19.4 Å². The Morgan fingerprint density at radius 3 is 2.80 bits per heavy atom. The number of hydrogen-bond donors (Lipinski definition) is 2. The van der Waals surface area contributed by atoms with Crippen LogP contribution in [0, 0.1) is 18.8 Å². The summed E-state index contributed by atoms with van der Waals surface area (Å²) >= 11 is 0. The highest BCUT2D eigenvalue weighted by Crippen LogP contribution is 2.10. The smallest absolute Gasteiger partial charge is 0.325 e. The first kappa shape index (κ1) is 15.7. The van der Waals surface area contributed by atoms with Gasteiger partial charge in [-0.25, -0.2) is 0 Å². The van der Waals surface area contributed by atoms with Gasteiger partial charge in [-0.3, -0.25) is 9.59 Å². The molecular formula is C15H17NO4. The Hall–Kier alpha value is -2.32. The maximum atomic E-state index is 12.0. The molecule has 1 aromatic rings. The van der Waals surface area contributed by atoms with E-state index in [1.54, 1.807) is 19.1 Å². The number of ether oxygens (including phenoxy) is 1. The standard InChI is InChI=1S/C15H17NO4/c1-3-20-14(18)10-16-15(19)13-9-11(2)6-7-12(13)5-4-8-17/h6-7,9,17H,3,8,10H2,1-2H3,(H,16,19). The van der Waals surface area contributed by atoms with Crippen LogP contribution in [0.15, 0.2) is 18.2 Å². The molecule has 2 N–H and O–H groups in total. The van der Waals surface area contributed by atoms with Gasteiger partial charge < -0.3 is 15.2 Å². The van der Waals surface area contributed by atoms with Crippen LogP contribution in [0.5, 0.6) is 0 Å². The number of esters is 1. The molecule has 1 amide bonds. The second-order valence-corrected chi connectivity index (χ2v) is 4.00. The van der Waals surface area contributed by atoms with Gasteiger partial charge in [-0.2, -0.15) is 0 Å². The molecule has 0 aliphatic carbocycles. The molecule has 106 valence electrons. The lowest BCUT2D eigenvalue weighted by atomic mass is 10.0. The molecule has 0 saturated heterocycles. The monoisotopic (exact) mass is 275 g/mol. The van der Waals surface area contributed by atoms with Crippen LogP contribution in [0.2, 0.25) is 0 Å². The molecule has 1 aromatic carbocycles. The molecule has 0 heterocycles. The van der Waals surface area contributed by atoms with Gasteiger partial charge in [0.25, 0.3) is 5.91 Å². The molecule has 0 radical (unpaired) electrons. The fourth-order valence-electron chi connectivity index (χ4n) is 1.55. The summed E-state index contributed by atoms with van der Waals surface area (Å²) in [6, 6.07) is 5.21. The largest absolute Gasteiger partial charge is 0.465 e. The van der Waals surface area contributed by atoms with Crippen molar-refractivity contribution in [1.29, 1.82) is 0 Å². The van der Waals surface area contributed by atoms with Crippen molar-refractivity contribution >= 4 is 11.9 Å². The van der Waals surface area contributed by atoms with Gasteiger partial charge in [0.1, 0.15) is 13.2 Å². The lowest BCUT2D eigenvalue weighted by Crippen LogP contribution is -2.31. The van der Waals surface area contributed by atoms with E-state index in [2.05, 4.69) is 17.2 Å². The number of carbonyl (C=O) groups is 2. The predicted octanol–water partition coefficient (Wildman–Crippen LogP) is 0.632. The summed E-state index contributed by atoms with van der Waals surface area (Å²) in [5.41, 5.74) is 1.78. The summed E-state index contributed by atoms with van der Waals surface area (Å²) in [6.07, 6.45) is 0. The highest BCUT2D eigenvalue weighted by atomic mass is 16.5. The number of aliphatic hydroxyl groups is 1. The molecular weight excluding hydrogens is 258 g/mol. The minimum absolute atomic E-state index is 0.187. The normalized spacial score (nSPS) is 9.35. The molecule has 0 unspecified atom stereocenters. The molecule has 0 spiro atoms. The molecule has 0 bridgehead atoms. The van der Waals surface area contributed by atoms with E-state index in [0.29, 0.717) is 11.1 Å². The number of aryl methyl sites for hydroxylation is 1. The Balaban J connectivity index is 2.85. The lowest BCUT2D eigenvalue weighted by Gasteiger charge is -2.07. The van der Waals surface area contributed by atoms with E-state index < -0.39 is 11.9 Å². The molecule has 1 rings (SSSR count). The molecule has 0 aliphatic heterocycles. The van der Waals surface area contributed by atoms with Gasteiger partial charge in [-0.05, 0) is 26.0 Å². The number of hydrogen-bond acceptors (Lipinski definition) is 4. The second kappa shape index (κ2) is 7.97. The van der Waals surface area contributed by atoms with Gasteiger partial charge in [0, 0.05) is 5.56 Å². The third-order valence-corrected chi connectivity index (χ3v) is 2.42. The number of benzene rings is 1. The van der Waals surface area contributed by atoms with Crippen molar-refractivity contribution in [2.24, 2.45) is 0 Å². The number of aliphatic hydroxyl groups excluding tert-OH is 1. The van der Waals surface area contributed by atoms with E-state index in [0.717, 1.165) is 5.56 Å². The van der Waals surface area contributed by atoms with Crippen LogP contribution in [-0.4, -0.2) is 36.7 Å². The molecule has 20 heavy (non-hydrogen) atoms. The van der Waals surface area contributed by atoms with E-state index in [4.69, 9.17) is 9.84 Å². The summed E-state index contributed by atoms with van der Waals surface area (Å²) in [5, 5.41) is 11.2. The van der Waals surface area contributed by atoms with Crippen molar-refractivity contribution in [3.63, 3.8) is 0 Å². The summed E-state index contributed by atoms with van der Waals surface area (Å²) in [7, 11) is 0. The predicted molar refractivity (Wildman–Crippen MR) is 74.1 cm³/mol. The van der Waals surface area contributed by atoms with Crippen LogP contribution < -0.4 is 5.32 Å². The molecule has 0 saturated carbocycles. The van der Waals surface area contributed by atoms with Crippen LogP contribution in [0.1, 0.15) is 28.4 Å². The second-order valence-electron chi connectivity index (χ2n) is 4.00. The summed E-state index contributed by atoms with van der Waals surface area (Å²) in [5.74, 6) is 4.32. The maximum Gasteiger partial charge on any atom is 0.325 e. The molecule has 0 atom stereocenters. The van der Waals surface area contributed by atoms with Crippen molar-refractivity contribution in [1.82, 2.24) is 5.32 Å². The summed E-state index contributed by atoms with van der Waals surface area (Å²) < 4.78 is 4.73. The van der Waals surface area contributed by atoms with Crippen LogP contribution >= 0.6 is 0 Å². The average molecular weight is 275 g/mol. The Kier molecular flexibility index (Phi) is 6.27. The lowest BCUT2D eigenvalue weighted by molar-refractivity contribution is -0.141. The van der Waals surface area contributed by atoms with Crippen LogP contribution in [0.4, 0.5) is 0 Å². The average Bonchev–Trinajstić information content (AvgIpc) is 2.43. The van der Waals surface area contributed by atoms with E-state index in [1.165, 1.54) is 0 Å². The first-order chi connectivity index (χ1) is 9.58. The minimum Gasteiger partial charge on any atom is -0.465 e. The van der Waals surface area contributed by atoms with Gasteiger partial charge in [-0.15, -0.1) is 0 Å². The molecule has 0 aromatic heterocycles. The van der Waals surface area contributed by atoms with Crippen molar-refractivity contribution in [2.45, 2.75) is 13.8 Å².